The van der Waals surface area contributed by atoms with E-state index in [0.717, 1.165) is 22.3 Å². The lowest BCUT2D eigenvalue weighted by molar-refractivity contribution is 0.0796. The van der Waals surface area contributed by atoms with Crippen LogP contribution in [0.15, 0.2) is 39.9 Å². The summed E-state index contributed by atoms with van der Waals surface area (Å²) in [6.07, 6.45) is 1.53. The zero-order valence-corrected chi connectivity index (χ0v) is 17.9. The summed E-state index contributed by atoms with van der Waals surface area (Å²) in [5.74, 6) is 6.08. The highest BCUT2D eigenvalue weighted by atomic mass is 32.2. The number of benzene rings is 1. The first kappa shape index (κ1) is 20.1. The Morgan fingerprint density at radius 3 is 2.73 bits per heavy atom. The maximum Gasteiger partial charge on any atom is 0.267 e. The van der Waals surface area contributed by atoms with E-state index >= 15 is 0 Å². The molecule has 0 aliphatic carbocycles. The predicted molar refractivity (Wildman–Crippen MR) is 111 cm³/mol. The van der Waals surface area contributed by atoms with Crippen molar-refractivity contribution in [2.75, 3.05) is 4.72 Å². The molecule has 0 radical (unpaired) electrons. The van der Waals surface area contributed by atoms with Crippen molar-refractivity contribution in [3.63, 3.8) is 0 Å². The zero-order chi connectivity index (χ0) is 21.5. The molecule has 1 N–H and O–H groups in total. The van der Waals surface area contributed by atoms with E-state index in [-0.39, 0.29) is 22.6 Å². The van der Waals surface area contributed by atoms with Crippen LogP contribution in [0.2, 0.25) is 0 Å². The zero-order valence-electron chi connectivity index (χ0n) is 17.1. The van der Waals surface area contributed by atoms with Gasteiger partial charge in [0.2, 0.25) is 5.88 Å². The van der Waals surface area contributed by atoms with E-state index in [1.807, 2.05) is 19.9 Å². The molecule has 3 heterocycles. The minimum absolute atomic E-state index is 0.0183. The molecule has 0 amide bonds. The number of aromatic nitrogens is 2. The van der Waals surface area contributed by atoms with Crippen molar-refractivity contribution in [2.45, 2.75) is 45.3 Å². The molecule has 1 aromatic carbocycles. The number of nitrogens with zero attached hydrogens (tertiary/aromatic N) is 2. The highest BCUT2D eigenvalue weighted by molar-refractivity contribution is 7.92. The summed E-state index contributed by atoms with van der Waals surface area (Å²) in [5, 5.41) is 3.78. The third kappa shape index (κ3) is 3.70. The lowest BCUT2D eigenvalue weighted by atomic mass is 9.98. The van der Waals surface area contributed by atoms with Gasteiger partial charge in [0.1, 0.15) is 10.6 Å². The second kappa shape index (κ2) is 7.59. The third-order valence-corrected chi connectivity index (χ3v) is 6.54. The topological polar surface area (TPSA) is 94.3 Å². The van der Waals surface area contributed by atoms with Gasteiger partial charge in [0.05, 0.1) is 18.4 Å². The average molecular weight is 423 g/mol. The van der Waals surface area contributed by atoms with Crippen molar-refractivity contribution >= 4 is 15.9 Å². The van der Waals surface area contributed by atoms with Gasteiger partial charge in [0.25, 0.3) is 10.0 Å². The van der Waals surface area contributed by atoms with E-state index < -0.39 is 10.0 Å². The Labute approximate surface area is 175 Å². The SMILES string of the molecule is Cc1cc2c(cc1C#Cc1ncccc1S(=O)(=O)Nc1onc(C)c1C)C(C)OC2. The van der Waals surface area contributed by atoms with Crippen LogP contribution in [0.4, 0.5) is 5.88 Å². The number of rotatable bonds is 3. The van der Waals surface area contributed by atoms with Crippen molar-refractivity contribution < 1.29 is 17.7 Å². The minimum atomic E-state index is -3.95. The van der Waals surface area contributed by atoms with Crippen LogP contribution in [-0.4, -0.2) is 18.6 Å². The van der Waals surface area contributed by atoms with Crippen LogP contribution in [0.25, 0.3) is 0 Å². The molecule has 8 heteroatoms. The van der Waals surface area contributed by atoms with Gasteiger partial charge in [-0.3, -0.25) is 0 Å². The van der Waals surface area contributed by atoms with Gasteiger partial charge >= 0.3 is 0 Å². The summed E-state index contributed by atoms with van der Waals surface area (Å²) in [5.41, 5.74) is 5.48. The first-order chi connectivity index (χ1) is 14.3. The number of sulfonamides is 1. The Kier molecular flexibility index (Phi) is 5.10. The summed E-state index contributed by atoms with van der Waals surface area (Å²) >= 11 is 0. The fourth-order valence-electron chi connectivity index (χ4n) is 3.24. The summed E-state index contributed by atoms with van der Waals surface area (Å²) < 4.78 is 39.0. The molecule has 0 spiro atoms. The van der Waals surface area contributed by atoms with Crippen LogP contribution in [0.5, 0.6) is 0 Å². The lowest BCUT2D eigenvalue weighted by Gasteiger charge is -2.07. The van der Waals surface area contributed by atoms with Crippen LogP contribution in [0.1, 0.15) is 52.2 Å². The smallest absolute Gasteiger partial charge is 0.267 e. The molecule has 0 bridgehead atoms. The number of pyridine rings is 1. The minimum Gasteiger partial charge on any atom is -0.369 e. The molecule has 1 unspecified atom stereocenters. The lowest BCUT2D eigenvalue weighted by Crippen LogP contribution is -2.15. The maximum absolute atomic E-state index is 12.9. The molecule has 4 rings (SSSR count). The van der Waals surface area contributed by atoms with Crippen LogP contribution >= 0.6 is 0 Å². The number of fused-ring (bicyclic) bond motifs is 1. The fraction of sp³-hybridized carbons (Fsp3) is 0.273. The Morgan fingerprint density at radius 2 is 2.00 bits per heavy atom. The molecule has 1 aliphatic heterocycles. The standard InChI is InChI=1S/C22H21N3O4S/c1-13-10-18-12-28-16(4)19(18)11-17(13)7-8-20-21(6-5-9-23-20)30(26,27)25-22-14(2)15(3)24-29-22/h5-6,9-11,16,25H,12H2,1-4H3. The second-order valence-electron chi connectivity index (χ2n) is 7.25. The fourth-order valence-corrected chi connectivity index (χ4v) is 4.40. The van der Waals surface area contributed by atoms with Gasteiger partial charge in [-0.1, -0.05) is 17.1 Å². The van der Waals surface area contributed by atoms with Crippen LogP contribution in [0.3, 0.4) is 0 Å². The van der Waals surface area contributed by atoms with Gasteiger partial charge < -0.3 is 9.26 Å². The molecule has 2 aromatic heterocycles. The summed E-state index contributed by atoms with van der Waals surface area (Å²) in [4.78, 5) is 4.16. The van der Waals surface area contributed by atoms with Gasteiger partial charge in [-0.25, -0.2) is 18.1 Å². The van der Waals surface area contributed by atoms with Gasteiger partial charge in [-0.05, 0) is 68.5 Å². The van der Waals surface area contributed by atoms with E-state index in [4.69, 9.17) is 9.26 Å². The van der Waals surface area contributed by atoms with E-state index in [2.05, 4.69) is 32.8 Å². The number of anilines is 1. The summed E-state index contributed by atoms with van der Waals surface area (Å²) in [6.45, 7) is 8.04. The quantitative estimate of drug-likeness (QED) is 0.644. The highest BCUT2D eigenvalue weighted by Gasteiger charge is 2.23. The monoisotopic (exact) mass is 423 g/mol. The largest absolute Gasteiger partial charge is 0.369 e. The van der Waals surface area contributed by atoms with E-state index in [0.29, 0.717) is 17.9 Å². The number of nitrogens with one attached hydrogen (secondary N) is 1. The highest BCUT2D eigenvalue weighted by Crippen LogP contribution is 2.32. The molecule has 1 aliphatic rings. The number of hydrogen-bond acceptors (Lipinski definition) is 6. The first-order valence-electron chi connectivity index (χ1n) is 9.44. The first-order valence-corrected chi connectivity index (χ1v) is 10.9. The third-order valence-electron chi connectivity index (χ3n) is 5.17. The van der Waals surface area contributed by atoms with E-state index in [1.54, 1.807) is 19.9 Å². The molecule has 1 atom stereocenters. The van der Waals surface area contributed by atoms with Crippen molar-refractivity contribution in [1.82, 2.24) is 10.1 Å². The van der Waals surface area contributed by atoms with Crippen LogP contribution < -0.4 is 4.72 Å². The van der Waals surface area contributed by atoms with Crippen LogP contribution in [-0.2, 0) is 21.4 Å². The Balaban J connectivity index is 1.71. The molecule has 7 nitrogen and oxygen atoms in total. The van der Waals surface area contributed by atoms with Gasteiger partial charge in [0, 0.05) is 17.3 Å². The molecular formula is C22H21N3O4S. The normalized spacial score (nSPS) is 15.4. The average Bonchev–Trinajstić information content (AvgIpc) is 3.22. The molecule has 3 aromatic rings. The Morgan fingerprint density at radius 1 is 1.20 bits per heavy atom. The van der Waals surface area contributed by atoms with Crippen molar-refractivity contribution in [1.29, 1.82) is 0 Å². The van der Waals surface area contributed by atoms with Gasteiger partial charge in [-0.15, -0.1) is 0 Å². The second-order valence-corrected chi connectivity index (χ2v) is 8.90. The molecule has 0 fully saturated rings. The summed E-state index contributed by atoms with van der Waals surface area (Å²) in [7, 11) is -3.95. The predicted octanol–water partition coefficient (Wildman–Crippen LogP) is 3.79. The molecular weight excluding hydrogens is 402 g/mol. The van der Waals surface area contributed by atoms with Crippen LogP contribution in [0, 0.1) is 32.6 Å². The molecule has 154 valence electrons. The number of hydrogen-bond donors (Lipinski definition) is 1. The summed E-state index contributed by atoms with van der Waals surface area (Å²) in [6, 6.07) is 7.09. The van der Waals surface area contributed by atoms with Gasteiger partial charge in [-0.2, -0.15) is 0 Å². The Bertz CT molecular complexity index is 1300. The van der Waals surface area contributed by atoms with Gasteiger partial charge in [0.15, 0.2) is 0 Å². The molecule has 0 saturated carbocycles. The molecule has 30 heavy (non-hydrogen) atoms. The van der Waals surface area contributed by atoms with Crippen molar-refractivity contribution in [3.05, 3.63) is 69.7 Å². The number of ether oxygens (including phenoxy) is 1. The molecule has 0 saturated heterocycles. The van der Waals surface area contributed by atoms with E-state index in [1.165, 1.54) is 12.3 Å². The maximum atomic E-state index is 12.9. The Hall–Kier alpha value is -3.15. The number of aryl methyl sites for hydroxylation is 2. The van der Waals surface area contributed by atoms with E-state index in [9.17, 15) is 8.42 Å². The van der Waals surface area contributed by atoms with Crippen molar-refractivity contribution in [2.24, 2.45) is 0 Å². The van der Waals surface area contributed by atoms with Crippen molar-refractivity contribution in [3.8, 4) is 11.8 Å².